The third-order valence-corrected chi connectivity index (χ3v) is 7.76. The Morgan fingerprint density at radius 1 is 0.921 bits per heavy atom. The lowest BCUT2D eigenvalue weighted by Gasteiger charge is -2.35. The Bertz CT molecular complexity index is 1270. The molecule has 38 heavy (non-hydrogen) atoms. The largest absolute Gasteiger partial charge is 0.393 e. The molecular formula is C28H35ClN8O. The molecule has 0 spiro atoms. The number of rotatable bonds is 6. The van der Waals surface area contributed by atoms with E-state index in [0.717, 1.165) is 74.6 Å². The number of nitrogens with one attached hydrogen (secondary N) is 2. The molecule has 2 aliphatic heterocycles. The predicted molar refractivity (Wildman–Crippen MR) is 154 cm³/mol. The van der Waals surface area contributed by atoms with Crippen molar-refractivity contribution in [2.45, 2.75) is 18.9 Å². The summed E-state index contributed by atoms with van der Waals surface area (Å²) < 4.78 is 0. The molecule has 4 N–H and O–H groups in total. The number of hydrogen-bond acceptors (Lipinski definition) is 8. The number of nitrogen functional groups attached to an aromatic ring is 1. The lowest BCUT2D eigenvalue weighted by atomic mass is 10.0. The molecule has 9 nitrogen and oxygen atoms in total. The van der Waals surface area contributed by atoms with Gasteiger partial charge in [0.25, 0.3) is 5.91 Å². The summed E-state index contributed by atoms with van der Waals surface area (Å²) in [6.45, 7) is 5.85. The maximum atomic E-state index is 12.8. The number of likely N-dealkylation sites (tertiary alicyclic amines) is 1. The number of benzene rings is 2. The van der Waals surface area contributed by atoms with Gasteiger partial charge in [0, 0.05) is 37.8 Å². The number of aromatic nitrogens is 2. The van der Waals surface area contributed by atoms with Gasteiger partial charge in [0.1, 0.15) is 12.0 Å². The van der Waals surface area contributed by atoms with Crippen molar-refractivity contribution < 1.29 is 4.79 Å². The Morgan fingerprint density at radius 2 is 1.58 bits per heavy atom. The van der Waals surface area contributed by atoms with E-state index in [0.29, 0.717) is 17.1 Å². The summed E-state index contributed by atoms with van der Waals surface area (Å²) in [7, 11) is 4.26. The molecule has 3 heterocycles. The van der Waals surface area contributed by atoms with E-state index in [2.05, 4.69) is 67.6 Å². The van der Waals surface area contributed by atoms with Gasteiger partial charge in [-0.25, -0.2) is 9.97 Å². The molecule has 10 heteroatoms. The van der Waals surface area contributed by atoms with Gasteiger partial charge in [0.2, 0.25) is 0 Å². The van der Waals surface area contributed by atoms with Crippen LogP contribution >= 0.6 is 11.6 Å². The fourth-order valence-corrected chi connectivity index (χ4v) is 5.11. The highest BCUT2D eigenvalue weighted by atomic mass is 35.5. The Kier molecular flexibility index (Phi) is 7.97. The highest BCUT2D eigenvalue weighted by Crippen LogP contribution is 2.36. The molecular weight excluding hydrogens is 500 g/mol. The fourth-order valence-electron chi connectivity index (χ4n) is 4.98. The Balaban J connectivity index is 1.38. The molecule has 0 aliphatic carbocycles. The number of halogens is 1. The number of nitrogens with zero attached hydrogens (tertiary/aromatic N) is 5. The molecule has 0 unspecified atom stereocenters. The van der Waals surface area contributed by atoms with Crippen molar-refractivity contribution in [1.29, 1.82) is 0 Å². The van der Waals surface area contributed by atoms with Crippen LogP contribution in [0.3, 0.4) is 0 Å². The van der Waals surface area contributed by atoms with Crippen molar-refractivity contribution >= 4 is 40.4 Å². The second kappa shape index (κ2) is 11.6. The first kappa shape index (κ1) is 26.2. The second-order valence-electron chi connectivity index (χ2n) is 10.2. The number of carbonyl (C=O) groups excluding carboxylic acids is 1. The first-order chi connectivity index (χ1) is 18.4. The first-order valence-corrected chi connectivity index (χ1v) is 13.5. The van der Waals surface area contributed by atoms with Crippen molar-refractivity contribution in [2.24, 2.45) is 0 Å². The topological polar surface area (TPSA) is 103 Å². The van der Waals surface area contributed by atoms with Crippen LogP contribution in [-0.4, -0.2) is 85.1 Å². The minimum atomic E-state index is -0.0185. The second-order valence-corrected chi connectivity index (χ2v) is 10.6. The fraction of sp³-hybridized carbons (Fsp3) is 0.393. The lowest BCUT2D eigenvalue weighted by Crippen LogP contribution is -2.44. The summed E-state index contributed by atoms with van der Waals surface area (Å²) >= 11 is 6.15. The van der Waals surface area contributed by atoms with E-state index < -0.39 is 0 Å². The zero-order chi connectivity index (χ0) is 26.6. The molecule has 2 aliphatic rings. The van der Waals surface area contributed by atoms with Crippen LogP contribution in [0.15, 0.2) is 48.8 Å². The van der Waals surface area contributed by atoms with Gasteiger partial charge in [-0.3, -0.25) is 4.79 Å². The summed E-state index contributed by atoms with van der Waals surface area (Å²) in [6.07, 6.45) is 3.37. The summed E-state index contributed by atoms with van der Waals surface area (Å²) in [5.41, 5.74) is 11.1. The van der Waals surface area contributed by atoms with Crippen LogP contribution < -0.4 is 21.3 Å². The number of piperazine rings is 1. The molecule has 200 valence electrons. The van der Waals surface area contributed by atoms with E-state index in [1.54, 1.807) is 0 Å². The SMILES string of the molecule is CN1CCC(NC(=O)c2ccc(-c3ccc(N4CCN(C)CC4)c(Nc4ncnc(Cl)c4N)c3)cc2)CC1. The van der Waals surface area contributed by atoms with Gasteiger partial charge < -0.3 is 31.1 Å². The third kappa shape index (κ3) is 6.01. The van der Waals surface area contributed by atoms with Crippen LogP contribution in [0.5, 0.6) is 0 Å². The van der Waals surface area contributed by atoms with Crippen LogP contribution in [-0.2, 0) is 0 Å². The molecule has 2 saturated heterocycles. The van der Waals surface area contributed by atoms with E-state index in [1.165, 1.54) is 6.33 Å². The monoisotopic (exact) mass is 534 g/mol. The lowest BCUT2D eigenvalue weighted by molar-refractivity contribution is 0.0917. The standard InChI is InChI=1S/C28H35ClN8O/c1-35-11-9-22(10-12-35)33-28(38)20-5-3-19(4-6-20)21-7-8-24(37-15-13-36(2)14-16-37)23(17-21)34-27-25(30)26(29)31-18-32-27/h3-8,17-18,22H,9-16,30H2,1-2H3,(H,33,38)(H,31,32,34). The van der Waals surface area contributed by atoms with Crippen molar-refractivity contribution in [3.63, 3.8) is 0 Å². The average molecular weight is 535 g/mol. The molecule has 1 amide bonds. The minimum Gasteiger partial charge on any atom is -0.393 e. The predicted octanol–water partition coefficient (Wildman–Crippen LogP) is 3.70. The van der Waals surface area contributed by atoms with E-state index in [9.17, 15) is 4.79 Å². The van der Waals surface area contributed by atoms with E-state index in [-0.39, 0.29) is 17.1 Å². The summed E-state index contributed by atoms with van der Waals surface area (Å²) in [4.78, 5) is 28.1. The Morgan fingerprint density at radius 3 is 2.29 bits per heavy atom. The number of amides is 1. The third-order valence-electron chi connectivity index (χ3n) is 7.46. The quantitative estimate of drug-likeness (QED) is 0.411. The van der Waals surface area contributed by atoms with Crippen LogP contribution in [0.2, 0.25) is 5.15 Å². The number of piperidine rings is 1. The number of nitrogens with two attached hydrogens (primary N) is 1. The normalized spacial score (nSPS) is 17.4. The highest BCUT2D eigenvalue weighted by Gasteiger charge is 2.21. The Labute approximate surface area is 229 Å². The minimum absolute atomic E-state index is 0.0185. The van der Waals surface area contributed by atoms with E-state index in [4.69, 9.17) is 17.3 Å². The van der Waals surface area contributed by atoms with E-state index in [1.807, 2.05) is 24.3 Å². The number of anilines is 4. The molecule has 0 atom stereocenters. The van der Waals surface area contributed by atoms with E-state index >= 15 is 0 Å². The molecule has 5 rings (SSSR count). The molecule has 0 radical (unpaired) electrons. The smallest absolute Gasteiger partial charge is 0.251 e. The molecule has 3 aromatic rings. The van der Waals surface area contributed by atoms with Crippen molar-refractivity contribution in [1.82, 2.24) is 25.1 Å². The summed E-state index contributed by atoms with van der Waals surface area (Å²) in [5.74, 6) is 0.452. The van der Waals surface area contributed by atoms with Crippen molar-refractivity contribution in [3.8, 4) is 11.1 Å². The summed E-state index contributed by atoms with van der Waals surface area (Å²) in [5, 5.41) is 6.80. The molecule has 0 saturated carbocycles. The molecule has 1 aromatic heterocycles. The van der Waals surface area contributed by atoms with Gasteiger partial charge in [-0.05, 0) is 75.4 Å². The van der Waals surface area contributed by atoms with Gasteiger partial charge >= 0.3 is 0 Å². The maximum absolute atomic E-state index is 12.8. The van der Waals surface area contributed by atoms with Gasteiger partial charge in [-0.15, -0.1) is 0 Å². The maximum Gasteiger partial charge on any atom is 0.251 e. The molecule has 2 aromatic carbocycles. The highest BCUT2D eigenvalue weighted by molar-refractivity contribution is 6.32. The van der Waals surface area contributed by atoms with Crippen LogP contribution in [0.25, 0.3) is 11.1 Å². The van der Waals surface area contributed by atoms with Gasteiger partial charge in [0.05, 0.1) is 11.4 Å². The van der Waals surface area contributed by atoms with Gasteiger partial charge in [-0.1, -0.05) is 29.8 Å². The molecule has 2 fully saturated rings. The average Bonchev–Trinajstić information content (AvgIpc) is 2.93. The summed E-state index contributed by atoms with van der Waals surface area (Å²) in [6, 6.07) is 14.3. The zero-order valence-electron chi connectivity index (χ0n) is 22.0. The first-order valence-electron chi connectivity index (χ1n) is 13.1. The van der Waals surface area contributed by atoms with Gasteiger partial charge in [0.15, 0.2) is 11.0 Å². The van der Waals surface area contributed by atoms with Crippen LogP contribution in [0, 0.1) is 0 Å². The van der Waals surface area contributed by atoms with Crippen molar-refractivity contribution in [2.75, 3.05) is 69.3 Å². The van der Waals surface area contributed by atoms with Crippen LogP contribution in [0.4, 0.5) is 22.9 Å². The molecule has 0 bridgehead atoms. The zero-order valence-corrected chi connectivity index (χ0v) is 22.7. The van der Waals surface area contributed by atoms with Crippen LogP contribution in [0.1, 0.15) is 23.2 Å². The van der Waals surface area contributed by atoms with Crippen molar-refractivity contribution in [3.05, 3.63) is 59.5 Å². The number of likely N-dealkylation sites (N-methyl/N-ethyl adjacent to an activating group) is 1. The number of hydrogen-bond donors (Lipinski definition) is 3. The number of carbonyl (C=O) groups is 1. The van der Waals surface area contributed by atoms with Gasteiger partial charge in [-0.2, -0.15) is 0 Å². The Hall–Kier alpha value is -3.40.